The number of halogens is 1. The lowest BCUT2D eigenvalue weighted by atomic mass is 9.96. The Kier molecular flexibility index (Phi) is 7.42. The molecule has 5 atom stereocenters. The van der Waals surface area contributed by atoms with Gasteiger partial charge < -0.3 is 35.0 Å². The maximum Gasteiger partial charge on any atom is 0.319 e. The van der Waals surface area contributed by atoms with Crippen molar-refractivity contribution in [1.29, 1.82) is 0 Å². The number of carbonyl (C=O) groups excluding carboxylic acids is 1. The molecule has 5 heterocycles. The minimum atomic E-state index is -0.500. The summed E-state index contributed by atoms with van der Waals surface area (Å²) in [6.07, 6.45) is 3.82. The first kappa shape index (κ1) is 29.3. The van der Waals surface area contributed by atoms with Crippen LogP contribution in [0.15, 0.2) is 48.5 Å². The zero-order valence-electron chi connectivity index (χ0n) is 25.9. The zero-order chi connectivity index (χ0) is 31.5. The fraction of sp³-hybridized carbons (Fsp3) is 0.457. The van der Waals surface area contributed by atoms with Crippen LogP contribution in [-0.2, 0) is 4.79 Å². The number of benzene rings is 3. The number of ether oxygens (including phenoxy) is 1. The van der Waals surface area contributed by atoms with Crippen LogP contribution in [0.1, 0.15) is 32.1 Å². The number of hydrogen-bond donors (Lipinski definition) is 3. The molecule has 0 radical (unpaired) electrons. The van der Waals surface area contributed by atoms with Gasteiger partial charge in [0.05, 0.1) is 12.1 Å². The summed E-state index contributed by atoms with van der Waals surface area (Å²) in [7, 11) is 2.08. The van der Waals surface area contributed by atoms with Gasteiger partial charge in [0.2, 0.25) is 5.91 Å². The van der Waals surface area contributed by atoms with Gasteiger partial charge in [-0.25, -0.2) is 4.39 Å². The van der Waals surface area contributed by atoms with E-state index in [9.17, 15) is 15.0 Å². The van der Waals surface area contributed by atoms with E-state index in [-0.39, 0.29) is 47.4 Å². The zero-order valence-corrected chi connectivity index (χ0v) is 25.9. The van der Waals surface area contributed by atoms with Crippen molar-refractivity contribution in [2.24, 2.45) is 0 Å². The van der Waals surface area contributed by atoms with Crippen LogP contribution in [0.5, 0.6) is 11.8 Å². The number of aliphatic hydroxyl groups excluding tert-OH is 1. The van der Waals surface area contributed by atoms with Crippen molar-refractivity contribution in [2.75, 3.05) is 44.7 Å². The van der Waals surface area contributed by atoms with E-state index < -0.39 is 11.9 Å². The lowest BCUT2D eigenvalue weighted by molar-refractivity contribution is -0.136. The Hall–Kier alpha value is -4.06. The number of rotatable bonds is 6. The smallest absolute Gasteiger partial charge is 0.319 e. The second-order valence-electron chi connectivity index (χ2n) is 13.3. The monoisotopic (exact) mass is 626 g/mol. The van der Waals surface area contributed by atoms with Gasteiger partial charge in [-0.2, -0.15) is 9.97 Å². The number of phenols is 1. The summed E-state index contributed by atoms with van der Waals surface area (Å²) >= 11 is 0. The molecule has 2 bridgehead atoms. The molecule has 4 aromatic rings. The molecular weight excluding hydrogens is 587 g/mol. The molecule has 4 aliphatic heterocycles. The van der Waals surface area contributed by atoms with E-state index in [0.717, 1.165) is 43.0 Å². The first-order valence-corrected chi connectivity index (χ1v) is 16.4. The molecule has 4 fully saturated rings. The number of nitrogens with zero attached hydrogens (tertiary/aromatic N) is 5. The van der Waals surface area contributed by atoms with E-state index >= 15 is 4.39 Å². The van der Waals surface area contributed by atoms with Crippen LogP contribution in [0.25, 0.3) is 32.8 Å². The quantitative estimate of drug-likeness (QED) is 0.295. The Morgan fingerprint density at radius 3 is 2.59 bits per heavy atom. The van der Waals surface area contributed by atoms with Gasteiger partial charge in [0.1, 0.15) is 23.7 Å². The maximum atomic E-state index is 16.7. The predicted molar refractivity (Wildman–Crippen MR) is 174 cm³/mol. The second-order valence-corrected chi connectivity index (χ2v) is 13.3. The highest BCUT2D eigenvalue weighted by Crippen LogP contribution is 2.40. The van der Waals surface area contributed by atoms with Gasteiger partial charge in [0.25, 0.3) is 0 Å². The number of carbonyl (C=O) groups is 1. The van der Waals surface area contributed by atoms with Crippen molar-refractivity contribution in [3.05, 3.63) is 54.3 Å². The molecule has 1 amide bonds. The van der Waals surface area contributed by atoms with Crippen LogP contribution in [0.3, 0.4) is 0 Å². The highest BCUT2D eigenvalue weighted by atomic mass is 19.1. The van der Waals surface area contributed by atoms with Crippen LogP contribution in [-0.4, -0.2) is 106 Å². The number of aromatic nitrogens is 2. The number of aliphatic hydroxyl groups is 1. The minimum absolute atomic E-state index is 0.00454. The normalized spacial score (nSPS) is 26.5. The fourth-order valence-electron chi connectivity index (χ4n) is 8.04. The Morgan fingerprint density at radius 1 is 1.04 bits per heavy atom. The van der Waals surface area contributed by atoms with Crippen LogP contribution < -0.4 is 15.0 Å². The summed E-state index contributed by atoms with van der Waals surface area (Å²) < 4.78 is 23.0. The number of β-amino-alcohol motifs (C(OH)–C–C–N with tert-alkyl or cyclic N) is 1. The van der Waals surface area contributed by atoms with Gasteiger partial charge in [-0.1, -0.05) is 30.3 Å². The van der Waals surface area contributed by atoms with E-state index in [0.29, 0.717) is 55.0 Å². The summed E-state index contributed by atoms with van der Waals surface area (Å²) in [5, 5.41) is 25.9. The number of phenolic OH excluding ortho intramolecular Hbond substituents is 1. The topological polar surface area (TPSA) is 114 Å². The summed E-state index contributed by atoms with van der Waals surface area (Å²) in [6, 6.07) is 14.5. The van der Waals surface area contributed by atoms with Crippen LogP contribution in [0, 0.1) is 5.82 Å². The molecule has 46 heavy (non-hydrogen) atoms. The Balaban J connectivity index is 1.18. The summed E-state index contributed by atoms with van der Waals surface area (Å²) in [5.74, 6) is 0.216. The molecule has 11 heteroatoms. The van der Waals surface area contributed by atoms with Gasteiger partial charge in [-0.15, -0.1) is 0 Å². The van der Waals surface area contributed by atoms with Gasteiger partial charge in [-0.3, -0.25) is 4.79 Å². The fourth-order valence-corrected chi connectivity index (χ4v) is 8.04. The molecular formula is C35H39FN6O4. The lowest BCUT2D eigenvalue weighted by Crippen LogP contribution is -2.59. The lowest BCUT2D eigenvalue weighted by Gasteiger charge is -2.42. The van der Waals surface area contributed by atoms with Crippen molar-refractivity contribution >= 4 is 33.4 Å². The number of piperazine rings is 1. The Bertz CT molecular complexity index is 1810. The van der Waals surface area contributed by atoms with E-state index in [1.54, 1.807) is 18.2 Å². The highest BCUT2D eigenvalue weighted by molar-refractivity contribution is 6.01. The molecule has 3 N–H and O–H groups in total. The average Bonchev–Trinajstić information content (AvgIpc) is 3.75. The van der Waals surface area contributed by atoms with Gasteiger partial charge >= 0.3 is 6.01 Å². The van der Waals surface area contributed by atoms with Crippen molar-refractivity contribution in [3.8, 4) is 22.9 Å². The van der Waals surface area contributed by atoms with E-state index in [2.05, 4.69) is 27.1 Å². The van der Waals surface area contributed by atoms with Crippen LogP contribution >= 0.6 is 0 Å². The number of nitrogens with one attached hydrogen (secondary N) is 1. The summed E-state index contributed by atoms with van der Waals surface area (Å²) in [4.78, 5) is 29.5. The van der Waals surface area contributed by atoms with Crippen molar-refractivity contribution < 1.29 is 24.1 Å². The second kappa shape index (κ2) is 11.6. The van der Waals surface area contributed by atoms with Gasteiger partial charge in [0, 0.05) is 48.7 Å². The molecule has 4 saturated heterocycles. The SMILES string of the molecule is CN1CCC[C@H]1COc1nc(N2CC3CCC(C2)N3C(=O)[C@@H]2C[C@@H](O)CN2)c2ccc(-c3cc(O)cc4ccccc34)c(F)c2n1. The van der Waals surface area contributed by atoms with Crippen molar-refractivity contribution in [2.45, 2.75) is 62.4 Å². The highest BCUT2D eigenvalue weighted by Gasteiger charge is 2.46. The predicted octanol–water partition coefficient (Wildman–Crippen LogP) is 3.67. The minimum Gasteiger partial charge on any atom is -0.508 e. The number of anilines is 1. The summed E-state index contributed by atoms with van der Waals surface area (Å²) in [5.41, 5.74) is 1.09. The third-order valence-electron chi connectivity index (χ3n) is 10.4. The van der Waals surface area contributed by atoms with Gasteiger partial charge in [0.15, 0.2) is 5.82 Å². The molecule has 3 aromatic carbocycles. The first-order valence-electron chi connectivity index (χ1n) is 16.4. The molecule has 0 aliphatic carbocycles. The largest absolute Gasteiger partial charge is 0.508 e. The number of likely N-dealkylation sites (N-methyl/N-ethyl adjacent to an activating group) is 1. The molecule has 1 aromatic heterocycles. The van der Waals surface area contributed by atoms with E-state index in [1.807, 2.05) is 35.2 Å². The molecule has 0 saturated carbocycles. The van der Waals surface area contributed by atoms with E-state index in [1.165, 1.54) is 0 Å². The molecule has 8 rings (SSSR count). The average molecular weight is 627 g/mol. The number of hydrogen-bond acceptors (Lipinski definition) is 9. The number of amides is 1. The maximum absolute atomic E-state index is 16.7. The molecule has 0 spiro atoms. The van der Waals surface area contributed by atoms with Crippen molar-refractivity contribution in [1.82, 2.24) is 25.1 Å². The molecule has 10 nitrogen and oxygen atoms in total. The Morgan fingerprint density at radius 2 is 1.85 bits per heavy atom. The molecule has 2 unspecified atom stereocenters. The molecule has 4 aliphatic rings. The number of fused-ring (bicyclic) bond motifs is 4. The van der Waals surface area contributed by atoms with Gasteiger partial charge in [-0.05, 0) is 80.2 Å². The first-order chi connectivity index (χ1) is 22.3. The third-order valence-corrected chi connectivity index (χ3v) is 10.4. The van der Waals surface area contributed by atoms with Crippen LogP contribution in [0.2, 0.25) is 0 Å². The number of aromatic hydroxyl groups is 1. The standard InChI is InChI=1S/C35H39FN6O4/c1-40-12-4-6-23(40)19-46-35-38-32-28(11-10-27(31(32)36)29-14-24(43)13-20-5-2-3-7-26(20)29)33(39-35)41-17-21-8-9-22(18-41)42(21)34(45)30-15-25(44)16-37-30/h2-3,5,7,10-11,13-14,21-23,25,30,37,43-44H,4,6,8-9,12,15-19H2,1H3/t21?,22?,23-,25+,30-/m0/s1. The number of likely N-dealkylation sites (tertiary alicyclic amines) is 1. The van der Waals surface area contributed by atoms with Crippen molar-refractivity contribution in [3.63, 3.8) is 0 Å². The molecule has 240 valence electrons. The van der Waals surface area contributed by atoms with E-state index in [4.69, 9.17) is 9.72 Å². The summed E-state index contributed by atoms with van der Waals surface area (Å²) in [6.45, 7) is 2.98. The van der Waals surface area contributed by atoms with Crippen LogP contribution in [0.4, 0.5) is 10.2 Å². The third kappa shape index (κ3) is 5.10. The Labute approximate surface area is 266 Å².